The fraction of sp³-hybridized carbons (Fsp3) is 0.571. The van der Waals surface area contributed by atoms with Crippen LogP contribution in [0.5, 0.6) is 11.5 Å². The third kappa shape index (κ3) is 2.48. The molecule has 1 aromatic rings. The number of hydrogen-bond donors (Lipinski definition) is 1. The van der Waals surface area contributed by atoms with Crippen LogP contribution in [0.2, 0.25) is 0 Å². The summed E-state index contributed by atoms with van der Waals surface area (Å²) in [5, 5.41) is 0. The molecule has 0 amide bonds. The summed E-state index contributed by atoms with van der Waals surface area (Å²) in [7, 11) is 2.16. The van der Waals surface area contributed by atoms with E-state index in [1.165, 1.54) is 5.69 Å². The van der Waals surface area contributed by atoms with E-state index in [9.17, 15) is 0 Å². The Balaban J connectivity index is 1.86. The van der Waals surface area contributed by atoms with Crippen molar-refractivity contribution >= 4 is 5.69 Å². The maximum atomic E-state index is 5.95. The Morgan fingerprint density at radius 3 is 2.95 bits per heavy atom. The molecule has 104 valence electrons. The highest BCUT2D eigenvalue weighted by Crippen LogP contribution is 2.36. The Morgan fingerprint density at radius 1 is 1.26 bits per heavy atom. The van der Waals surface area contributed by atoms with Gasteiger partial charge in [-0.2, -0.15) is 0 Å². The topological polar surface area (TPSA) is 51.0 Å². The number of fused-ring (bicyclic) bond motifs is 1. The minimum Gasteiger partial charge on any atom is -0.454 e. The SMILES string of the molecule is CN1CCCN(c2ccc3c(c2)OCO3)C(CN)C1. The lowest BCUT2D eigenvalue weighted by atomic mass is 10.2. The molecule has 2 N–H and O–H groups in total. The molecule has 19 heavy (non-hydrogen) atoms. The molecule has 1 atom stereocenters. The second kappa shape index (κ2) is 5.27. The largest absolute Gasteiger partial charge is 0.454 e. The van der Waals surface area contributed by atoms with Crippen LogP contribution in [0, 0.1) is 0 Å². The van der Waals surface area contributed by atoms with Gasteiger partial charge in [0.25, 0.3) is 0 Å². The summed E-state index contributed by atoms with van der Waals surface area (Å²) in [6.45, 7) is 4.15. The van der Waals surface area contributed by atoms with E-state index in [-0.39, 0.29) is 0 Å². The fourth-order valence-corrected chi connectivity index (χ4v) is 2.85. The number of nitrogens with zero attached hydrogens (tertiary/aromatic N) is 2. The van der Waals surface area contributed by atoms with Crippen LogP contribution in [-0.4, -0.2) is 51.0 Å². The molecule has 0 aromatic heterocycles. The van der Waals surface area contributed by atoms with E-state index in [4.69, 9.17) is 15.2 Å². The first-order valence-electron chi connectivity index (χ1n) is 6.83. The van der Waals surface area contributed by atoms with Crippen LogP contribution in [0.4, 0.5) is 5.69 Å². The van der Waals surface area contributed by atoms with Crippen molar-refractivity contribution in [2.45, 2.75) is 12.5 Å². The van der Waals surface area contributed by atoms with Crippen LogP contribution in [0.15, 0.2) is 18.2 Å². The molecule has 1 unspecified atom stereocenters. The van der Waals surface area contributed by atoms with Crippen LogP contribution in [0.25, 0.3) is 0 Å². The Hall–Kier alpha value is -1.46. The Morgan fingerprint density at radius 2 is 2.11 bits per heavy atom. The molecule has 2 heterocycles. The molecule has 0 saturated carbocycles. The van der Waals surface area contributed by atoms with Gasteiger partial charge in [0.05, 0.1) is 6.04 Å². The van der Waals surface area contributed by atoms with Gasteiger partial charge in [-0.3, -0.25) is 0 Å². The maximum Gasteiger partial charge on any atom is 0.231 e. The van der Waals surface area contributed by atoms with Crippen molar-refractivity contribution in [2.24, 2.45) is 5.73 Å². The summed E-state index contributed by atoms with van der Waals surface area (Å²) in [5.74, 6) is 1.67. The first-order valence-corrected chi connectivity index (χ1v) is 6.83. The highest BCUT2D eigenvalue weighted by molar-refractivity contribution is 5.58. The minimum atomic E-state index is 0.321. The lowest BCUT2D eigenvalue weighted by molar-refractivity contribution is 0.174. The fourth-order valence-electron chi connectivity index (χ4n) is 2.85. The third-order valence-corrected chi connectivity index (χ3v) is 3.86. The summed E-state index contributed by atoms with van der Waals surface area (Å²) in [5.41, 5.74) is 7.13. The van der Waals surface area contributed by atoms with E-state index in [0.29, 0.717) is 19.4 Å². The third-order valence-electron chi connectivity index (χ3n) is 3.86. The van der Waals surface area contributed by atoms with Crippen molar-refractivity contribution < 1.29 is 9.47 Å². The van der Waals surface area contributed by atoms with Crippen molar-refractivity contribution in [3.05, 3.63) is 18.2 Å². The average Bonchev–Trinajstić information content (AvgIpc) is 2.80. The molecule has 3 rings (SSSR count). The van der Waals surface area contributed by atoms with Crippen LogP contribution in [0.3, 0.4) is 0 Å². The number of anilines is 1. The summed E-state index contributed by atoms with van der Waals surface area (Å²) in [6.07, 6.45) is 1.15. The van der Waals surface area contributed by atoms with E-state index in [1.807, 2.05) is 6.07 Å². The van der Waals surface area contributed by atoms with E-state index in [1.54, 1.807) is 0 Å². The van der Waals surface area contributed by atoms with E-state index in [2.05, 4.69) is 29.0 Å². The van der Waals surface area contributed by atoms with Crippen molar-refractivity contribution in [2.75, 3.05) is 44.9 Å². The van der Waals surface area contributed by atoms with E-state index < -0.39 is 0 Å². The molecule has 5 heteroatoms. The molecule has 1 saturated heterocycles. The number of rotatable bonds is 2. The first-order chi connectivity index (χ1) is 9.28. The number of likely N-dealkylation sites (N-methyl/N-ethyl adjacent to an activating group) is 1. The molecule has 1 aromatic carbocycles. The van der Waals surface area contributed by atoms with Gasteiger partial charge in [0, 0.05) is 31.4 Å². The monoisotopic (exact) mass is 263 g/mol. The maximum absolute atomic E-state index is 5.95. The number of ether oxygens (including phenoxy) is 2. The first kappa shape index (κ1) is 12.6. The van der Waals surface area contributed by atoms with Crippen LogP contribution in [-0.2, 0) is 0 Å². The predicted molar refractivity (Wildman–Crippen MR) is 74.9 cm³/mol. The van der Waals surface area contributed by atoms with Crippen molar-refractivity contribution in [3.63, 3.8) is 0 Å². The van der Waals surface area contributed by atoms with E-state index >= 15 is 0 Å². The molecule has 5 nitrogen and oxygen atoms in total. The molecule has 2 aliphatic rings. The van der Waals surface area contributed by atoms with E-state index in [0.717, 1.165) is 37.6 Å². The molecule has 0 radical (unpaired) electrons. The lowest BCUT2D eigenvalue weighted by Crippen LogP contribution is -2.45. The quantitative estimate of drug-likeness (QED) is 0.858. The van der Waals surface area contributed by atoms with Gasteiger partial charge in [0.2, 0.25) is 6.79 Å². The second-order valence-electron chi connectivity index (χ2n) is 5.24. The van der Waals surface area contributed by atoms with Gasteiger partial charge in [-0.1, -0.05) is 0 Å². The highest BCUT2D eigenvalue weighted by atomic mass is 16.7. The zero-order valence-electron chi connectivity index (χ0n) is 11.3. The van der Waals surface area contributed by atoms with Crippen molar-refractivity contribution in [1.29, 1.82) is 0 Å². The van der Waals surface area contributed by atoms with Gasteiger partial charge < -0.3 is 25.0 Å². The van der Waals surface area contributed by atoms with Crippen LogP contribution >= 0.6 is 0 Å². The standard InChI is InChI=1S/C14H21N3O2/c1-16-5-2-6-17(12(8-15)9-16)11-3-4-13-14(7-11)19-10-18-13/h3-4,7,12H,2,5-6,8-10,15H2,1H3. The smallest absolute Gasteiger partial charge is 0.231 e. The zero-order chi connectivity index (χ0) is 13.2. The van der Waals surface area contributed by atoms with Gasteiger partial charge in [-0.25, -0.2) is 0 Å². The van der Waals surface area contributed by atoms with Gasteiger partial charge in [-0.15, -0.1) is 0 Å². The van der Waals surface area contributed by atoms with Crippen molar-refractivity contribution in [3.8, 4) is 11.5 Å². The predicted octanol–water partition coefficient (Wildman–Crippen LogP) is 0.884. The van der Waals surface area contributed by atoms with Gasteiger partial charge >= 0.3 is 0 Å². The molecule has 0 spiro atoms. The zero-order valence-corrected chi connectivity index (χ0v) is 11.3. The number of benzene rings is 1. The molecule has 2 aliphatic heterocycles. The number of nitrogens with two attached hydrogens (primary N) is 1. The second-order valence-corrected chi connectivity index (χ2v) is 5.24. The molecular weight excluding hydrogens is 242 g/mol. The Labute approximate surface area is 113 Å². The average molecular weight is 263 g/mol. The molecule has 0 aliphatic carbocycles. The van der Waals surface area contributed by atoms with Gasteiger partial charge in [0.15, 0.2) is 11.5 Å². The minimum absolute atomic E-state index is 0.321. The lowest BCUT2D eigenvalue weighted by Gasteiger charge is -2.32. The summed E-state index contributed by atoms with van der Waals surface area (Å²) in [4.78, 5) is 4.75. The number of hydrogen-bond acceptors (Lipinski definition) is 5. The molecule has 1 fully saturated rings. The molecule has 0 bridgehead atoms. The summed E-state index contributed by atoms with van der Waals surface area (Å²) < 4.78 is 10.8. The van der Waals surface area contributed by atoms with Crippen LogP contribution in [0.1, 0.15) is 6.42 Å². The van der Waals surface area contributed by atoms with Crippen molar-refractivity contribution in [1.82, 2.24) is 4.90 Å². The van der Waals surface area contributed by atoms with Gasteiger partial charge in [0.1, 0.15) is 0 Å². The highest BCUT2D eigenvalue weighted by Gasteiger charge is 2.24. The Bertz CT molecular complexity index is 452. The Kier molecular flexibility index (Phi) is 3.48. The summed E-state index contributed by atoms with van der Waals surface area (Å²) >= 11 is 0. The van der Waals surface area contributed by atoms with Crippen LogP contribution < -0.4 is 20.1 Å². The van der Waals surface area contributed by atoms with Gasteiger partial charge in [-0.05, 0) is 32.1 Å². The normalized spacial score (nSPS) is 23.5. The molecular formula is C14H21N3O2. The summed E-state index contributed by atoms with van der Waals surface area (Å²) in [6, 6.07) is 6.50.